The molecule has 5 nitrogen and oxygen atoms in total. The van der Waals surface area contributed by atoms with Crippen LogP contribution in [0, 0.1) is 20.8 Å². The molecular weight excluding hydrogens is 282 g/mol. The summed E-state index contributed by atoms with van der Waals surface area (Å²) in [6.07, 6.45) is 1.84. The number of nitrogens with zero attached hydrogens (tertiary/aromatic N) is 4. The van der Waals surface area contributed by atoms with Gasteiger partial charge in [-0.25, -0.2) is 15.0 Å². The standard InChI is InChI=1S/C15H19N5S/c1-8-9(2)20(15(4,5)14-17-6-7-21-14)13-11(8)12(16)18-10(3)19-13/h6-7H,1-5H3,(H2,16,18,19). The first-order valence-corrected chi connectivity index (χ1v) is 7.74. The highest BCUT2D eigenvalue weighted by Gasteiger charge is 2.31. The monoisotopic (exact) mass is 301 g/mol. The number of nitrogens with two attached hydrogens (primary N) is 1. The fraction of sp³-hybridized carbons (Fsp3) is 0.400. The summed E-state index contributed by atoms with van der Waals surface area (Å²) in [7, 11) is 0. The third kappa shape index (κ3) is 1.93. The van der Waals surface area contributed by atoms with Crippen molar-refractivity contribution >= 4 is 28.2 Å². The van der Waals surface area contributed by atoms with Gasteiger partial charge >= 0.3 is 0 Å². The number of hydrogen-bond donors (Lipinski definition) is 1. The van der Waals surface area contributed by atoms with E-state index in [0.717, 1.165) is 27.3 Å². The van der Waals surface area contributed by atoms with Gasteiger partial charge in [-0.05, 0) is 40.2 Å². The number of nitrogen functional groups attached to an aromatic ring is 1. The molecule has 0 fully saturated rings. The van der Waals surface area contributed by atoms with Gasteiger partial charge in [0.05, 0.1) is 10.9 Å². The number of aryl methyl sites for hydroxylation is 2. The predicted molar refractivity (Wildman–Crippen MR) is 86.7 cm³/mol. The molecule has 6 heteroatoms. The van der Waals surface area contributed by atoms with Crippen molar-refractivity contribution in [3.8, 4) is 0 Å². The summed E-state index contributed by atoms with van der Waals surface area (Å²) in [6.45, 7) is 10.4. The molecule has 0 aliphatic carbocycles. The normalized spacial score (nSPS) is 12.2. The van der Waals surface area contributed by atoms with Gasteiger partial charge in [0, 0.05) is 17.3 Å². The molecule has 0 unspecified atom stereocenters. The lowest BCUT2D eigenvalue weighted by Gasteiger charge is -2.27. The summed E-state index contributed by atoms with van der Waals surface area (Å²) in [6, 6.07) is 0. The number of rotatable bonds is 2. The number of anilines is 1. The SMILES string of the molecule is Cc1nc(N)c2c(C)c(C)n(C(C)(C)c3nccs3)c2n1. The lowest BCUT2D eigenvalue weighted by Crippen LogP contribution is -2.29. The Morgan fingerprint density at radius 2 is 1.90 bits per heavy atom. The van der Waals surface area contributed by atoms with Gasteiger partial charge in [0.2, 0.25) is 0 Å². The summed E-state index contributed by atoms with van der Waals surface area (Å²) in [4.78, 5) is 13.4. The van der Waals surface area contributed by atoms with E-state index in [2.05, 4.69) is 47.2 Å². The average Bonchev–Trinajstić information content (AvgIpc) is 2.98. The van der Waals surface area contributed by atoms with Crippen LogP contribution in [0.1, 0.15) is 35.9 Å². The first-order valence-electron chi connectivity index (χ1n) is 6.86. The molecule has 2 N–H and O–H groups in total. The Balaban J connectivity index is 2.41. The lowest BCUT2D eigenvalue weighted by molar-refractivity contribution is 0.436. The molecule has 0 aromatic carbocycles. The van der Waals surface area contributed by atoms with Crippen LogP contribution >= 0.6 is 11.3 Å². The van der Waals surface area contributed by atoms with Crippen LogP contribution in [0.2, 0.25) is 0 Å². The zero-order valence-corrected chi connectivity index (χ0v) is 13.7. The second-order valence-corrected chi connectivity index (χ2v) is 6.69. The van der Waals surface area contributed by atoms with Crippen LogP contribution in [0.25, 0.3) is 11.0 Å². The molecule has 110 valence electrons. The predicted octanol–water partition coefficient (Wildman–Crippen LogP) is 3.18. The highest BCUT2D eigenvalue weighted by Crippen LogP contribution is 2.36. The van der Waals surface area contributed by atoms with Crippen LogP contribution in [-0.2, 0) is 5.54 Å². The van der Waals surface area contributed by atoms with E-state index >= 15 is 0 Å². The van der Waals surface area contributed by atoms with Gasteiger partial charge in [0.1, 0.15) is 22.3 Å². The molecule has 3 aromatic rings. The number of aromatic nitrogens is 4. The van der Waals surface area contributed by atoms with E-state index in [1.165, 1.54) is 0 Å². The fourth-order valence-electron chi connectivity index (χ4n) is 2.91. The molecule has 3 heterocycles. The van der Waals surface area contributed by atoms with Crippen molar-refractivity contribution in [3.63, 3.8) is 0 Å². The Hall–Kier alpha value is -1.95. The largest absolute Gasteiger partial charge is 0.383 e. The summed E-state index contributed by atoms with van der Waals surface area (Å²) in [5.74, 6) is 1.24. The maximum absolute atomic E-state index is 6.12. The molecule has 0 spiro atoms. The van der Waals surface area contributed by atoms with Crippen LogP contribution in [0.5, 0.6) is 0 Å². The second kappa shape index (κ2) is 4.53. The topological polar surface area (TPSA) is 69.6 Å². The summed E-state index contributed by atoms with van der Waals surface area (Å²) in [5, 5.41) is 4.00. The molecule has 0 atom stereocenters. The first kappa shape index (κ1) is 14.0. The molecule has 0 bridgehead atoms. The second-order valence-electron chi connectivity index (χ2n) is 5.80. The van der Waals surface area contributed by atoms with Gasteiger partial charge in [-0.15, -0.1) is 11.3 Å². The molecule has 0 aliphatic heterocycles. The van der Waals surface area contributed by atoms with Crippen molar-refractivity contribution in [2.45, 2.75) is 40.2 Å². The van der Waals surface area contributed by atoms with Crippen LogP contribution in [0.3, 0.4) is 0 Å². The Morgan fingerprint density at radius 1 is 1.19 bits per heavy atom. The van der Waals surface area contributed by atoms with Crippen molar-refractivity contribution in [2.24, 2.45) is 0 Å². The van der Waals surface area contributed by atoms with E-state index in [1.807, 2.05) is 18.5 Å². The Bertz CT molecular complexity index is 815. The van der Waals surface area contributed by atoms with Crippen molar-refractivity contribution < 1.29 is 0 Å². The summed E-state index contributed by atoms with van der Waals surface area (Å²) >= 11 is 1.65. The third-order valence-corrected chi connectivity index (χ3v) is 5.10. The molecule has 0 aliphatic rings. The zero-order chi connectivity index (χ0) is 15.4. The number of hydrogen-bond acceptors (Lipinski definition) is 5. The number of thiazole rings is 1. The molecule has 0 saturated heterocycles. The minimum Gasteiger partial charge on any atom is -0.383 e. The van der Waals surface area contributed by atoms with E-state index in [4.69, 9.17) is 5.73 Å². The van der Waals surface area contributed by atoms with E-state index in [1.54, 1.807) is 11.3 Å². The van der Waals surface area contributed by atoms with Gasteiger partial charge in [-0.3, -0.25) is 0 Å². The summed E-state index contributed by atoms with van der Waals surface area (Å²) < 4.78 is 2.22. The smallest absolute Gasteiger partial charge is 0.147 e. The van der Waals surface area contributed by atoms with Crippen molar-refractivity contribution in [1.82, 2.24) is 19.5 Å². The van der Waals surface area contributed by atoms with Crippen molar-refractivity contribution in [1.29, 1.82) is 0 Å². The minimum absolute atomic E-state index is 0.280. The molecule has 3 aromatic heterocycles. The maximum atomic E-state index is 6.12. The molecule has 0 amide bonds. The van der Waals surface area contributed by atoms with Crippen LogP contribution in [0.15, 0.2) is 11.6 Å². The quantitative estimate of drug-likeness (QED) is 0.789. The minimum atomic E-state index is -0.280. The fourth-order valence-corrected chi connectivity index (χ4v) is 3.67. The van der Waals surface area contributed by atoms with E-state index < -0.39 is 0 Å². The average molecular weight is 301 g/mol. The lowest BCUT2D eigenvalue weighted by atomic mass is 10.1. The van der Waals surface area contributed by atoms with Crippen LogP contribution in [0.4, 0.5) is 5.82 Å². The van der Waals surface area contributed by atoms with Crippen LogP contribution in [-0.4, -0.2) is 19.5 Å². The van der Waals surface area contributed by atoms with Crippen LogP contribution < -0.4 is 5.73 Å². The number of fused-ring (bicyclic) bond motifs is 1. The molecule has 0 saturated carbocycles. The van der Waals surface area contributed by atoms with E-state index in [9.17, 15) is 0 Å². The molecular formula is C15H19N5S. The Kier molecular flexibility index (Phi) is 3.02. The summed E-state index contributed by atoms with van der Waals surface area (Å²) in [5.41, 5.74) is 9.01. The van der Waals surface area contributed by atoms with Gasteiger partial charge in [0.25, 0.3) is 0 Å². The van der Waals surface area contributed by atoms with E-state index in [-0.39, 0.29) is 5.54 Å². The van der Waals surface area contributed by atoms with Crippen molar-refractivity contribution in [3.05, 3.63) is 33.7 Å². The maximum Gasteiger partial charge on any atom is 0.147 e. The third-order valence-electron chi connectivity index (χ3n) is 4.01. The van der Waals surface area contributed by atoms with Gasteiger partial charge in [0.15, 0.2) is 0 Å². The molecule has 21 heavy (non-hydrogen) atoms. The van der Waals surface area contributed by atoms with Gasteiger partial charge in [-0.2, -0.15) is 0 Å². The highest BCUT2D eigenvalue weighted by molar-refractivity contribution is 7.09. The van der Waals surface area contributed by atoms with Gasteiger partial charge < -0.3 is 10.3 Å². The molecule has 3 rings (SSSR count). The van der Waals surface area contributed by atoms with Gasteiger partial charge in [-0.1, -0.05) is 0 Å². The van der Waals surface area contributed by atoms with Crippen molar-refractivity contribution in [2.75, 3.05) is 5.73 Å². The Morgan fingerprint density at radius 3 is 2.52 bits per heavy atom. The zero-order valence-electron chi connectivity index (χ0n) is 12.9. The highest BCUT2D eigenvalue weighted by atomic mass is 32.1. The van der Waals surface area contributed by atoms with E-state index in [0.29, 0.717) is 11.6 Å². The Labute approximate surface area is 127 Å². The first-order chi connectivity index (χ1) is 9.84. The molecule has 0 radical (unpaired) electrons.